The van der Waals surface area contributed by atoms with Gasteiger partial charge in [0.2, 0.25) is 5.91 Å². The van der Waals surface area contributed by atoms with Gasteiger partial charge in [0, 0.05) is 35.8 Å². The third-order valence-corrected chi connectivity index (χ3v) is 4.73. The molecule has 0 aliphatic heterocycles. The molecule has 0 aliphatic carbocycles. The number of amides is 2. The molecule has 0 spiro atoms. The smallest absolute Gasteiger partial charge is 0.259 e. The molecular weight excluding hydrogens is 439 g/mol. The van der Waals surface area contributed by atoms with E-state index < -0.39 is 5.82 Å². The third kappa shape index (κ3) is 6.71. The molecule has 0 radical (unpaired) electrons. The molecule has 0 aliphatic rings. The number of hydrogen-bond acceptors (Lipinski definition) is 3. The van der Waals surface area contributed by atoms with E-state index in [1.165, 1.54) is 23.1 Å². The van der Waals surface area contributed by atoms with Crippen LogP contribution in [0.2, 0.25) is 0 Å². The number of ether oxygens (including phenoxy) is 1. The quantitative estimate of drug-likeness (QED) is 0.593. The summed E-state index contributed by atoms with van der Waals surface area (Å²) in [6.45, 7) is 1.85. The second kappa shape index (κ2) is 10.8. The zero-order chi connectivity index (χ0) is 21.4. The highest BCUT2D eigenvalue weighted by Crippen LogP contribution is 2.27. The van der Waals surface area contributed by atoms with Gasteiger partial charge in [0.1, 0.15) is 11.6 Å². The van der Waals surface area contributed by atoms with Crippen LogP contribution < -0.4 is 10.1 Å². The minimum atomic E-state index is -0.409. The molecular formula is C22H24BrFN2O3. The lowest BCUT2D eigenvalue weighted by Gasteiger charge is -2.20. The molecule has 1 N–H and O–H groups in total. The molecule has 2 amide bonds. The summed E-state index contributed by atoms with van der Waals surface area (Å²) < 4.78 is 20.2. The lowest BCUT2D eigenvalue weighted by atomic mass is 10.0. The van der Waals surface area contributed by atoms with E-state index in [1.54, 1.807) is 32.3 Å². The maximum absolute atomic E-state index is 13.8. The number of para-hydroxylation sites is 1. The van der Waals surface area contributed by atoms with Gasteiger partial charge in [0.05, 0.1) is 6.04 Å². The first-order chi connectivity index (χ1) is 13.8. The minimum Gasteiger partial charge on any atom is -0.483 e. The van der Waals surface area contributed by atoms with Gasteiger partial charge in [0.15, 0.2) is 6.61 Å². The maximum atomic E-state index is 13.8. The summed E-state index contributed by atoms with van der Waals surface area (Å²) in [5.74, 6) is -0.378. The zero-order valence-corrected chi connectivity index (χ0v) is 18.2. The molecule has 2 aromatic rings. The predicted octanol–water partition coefficient (Wildman–Crippen LogP) is 4.34. The second-order valence-electron chi connectivity index (χ2n) is 6.58. The molecule has 0 saturated heterocycles. The number of nitrogens with one attached hydrogen (secondary N) is 1. The molecule has 5 nitrogen and oxygen atoms in total. The highest BCUT2D eigenvalue weighted by Gasteiger charge is 2.17. The van der Waals surface area contributed by atoms with Gasteiger partial charge in [-0.2, -0.15) is 0 Å². The van der Waals surface area contributed by atoms with E-state index >= 15 is 0 Å². The van der Waals surface area contributed by atoms with Crippen LogP contribution in [0.25, 0.3) is 6.08 Å². The predicted molar refractivity (Wildman–Crippen MR) is 115 cm³/mol. The first-order valence-electron chi connectivity index (χ1n) is 9.17. The van der Waals surface area contributed by atoms with Gasteiger partial charge >= 0.3 is 0 Å². The van der Waals surface area contributed by atoms with Gasteiger partial charge in [-0.05, 0) is 36.8 Å². The summed E-state index contributed by atoms with van der Waals surface area (Å²) in [7, 11) is 3.32. The monoisotopic (exact) mass is 462 g/mol. The molecule has 154 valence electrons. The van der Waals surface area contributed by atoms with Crippen LogP contribution in [0.1, 0.15) is 30.5 Å². The fourth-order valence-corrected chi connectivity index (χ4v) is 2.97. The molecule has 2 rings (SSSR count). The van der Waals surface area contributed by atoms with Gasteiger partial charge in [-0.25, -0.2) is 4.39 Å². The Labute approximate surface area is 178 Å². The Balaban J connectivity index is 2.11. The standard InChI is InChI=1S/C22H24BrFN2O3/c1-4-19(17-7-5-6-8-20(17)29-14-22(28)26(2)3)25-21(27)12-9-15-13-16(23)10-11-18(15)24/h5-13,19H,4,14H2,1-3H3,(H,25,27)/b12-9-. The molecule has 7 heteroatoms. The van der Waals surface area contributed by atoms with Crippen molar-refractivity contribution in [2.24, 2.45) is 0 Å². The first-order valence-corrected chi connectivity index (χ1v) is 9.96. The van der Waals surface area contributed by atoms with Crippen molar-refractivity contribution in [3.63, 3.8) is 0 Å². The Hall–Kier alpha value is -2.67. The van der Waals surface area contributed by atoms with Crippen LogP contribution in [0.15, 0.2) is 53.0 Å². The second-order valence-corrected chi connectivity index (χ2v) is 7.50. The molecule has 0 bridgehead atoms. The molecule has 0 aromatic heterocycles. The van der Waals surface area contributed by atoms with Crippen molar-refractivity contribution >= 4 is 33.8 Å². The summed E-state index contributed by atoms with van der Waals surface area (Å²) >= 11 is 3.29. The Bertz CT molecular complexity index is 899. The van der Waals surface area contributed by atoms with Crippen LogP contribution >= 0.6 is 15.9 Å². The molecule has 0 fully saturated rings. The Morgan fingerprint density at radius 2 is 1.97 bits per heavy atom. The summed E-state index contributed by atoms with van der Waals surface area (Å²) in [6.07, 6.45) is 3.35. The van der Waals surface area contributed by atoms with Gasteiger partial charge < -0.3 is 15.0 Å². The lowest BCUT2D eigenvalue weighted by Crippen LogP contribution is -2.29. The van der Waals surface area contributed by atoms with Crippen LogP contribution in [0.5, 0.6) is 5.75 Å². The third-order valence-electron chi connectivity index (χ3n) is 4.24. The van der Waals surface area contributed by atoms with E-state index in [9.17, 15) is 14.0 Å². The number of halogens is 2. The number of hydrogen-bond donors (Lipinski definition) is 1. The average Bonchev–Trinajstić information content (AvgIpc) is 2.71. The van der Waals surface area contributed by atoms with Crippen LogP contribution in [-0.4, -0.2) is 37.4 Å². The van der Waals surface area contributed by atoms with E-state index in [-0.39, 0.29) is 24.5 Å². The van der Waals surface area contributed by atoms with E-state index in [4.69, 9.17) is 4.74 Å². The highest BCUT2D eigenvalue weighted by molar-refractivity contribution is 9.10. The van der Waals surface area contributed by atoms with E-state index in [0.717, 1.165) is 10.0 Å². The molecule has 0 heterocycles. The Kier molecular flexibility index (Phi) is 8.39. The topological polar surface area (TPSA) is 58.6 Å². The van der Waals surface area contributed by atoms with E-state index in [1.807, 2.05) is 25.1 Å². The number of carbonyl (C=O) groups excluding carboxylic acids is 2. The number of likely N-dealkylation sites (N-methyl/N-ethyl adjacent to an activating group) is 1. The molecule has 0 saturated carbocycles. The Morgan fingerprint density at radius 1 is 1.24 bits per heavy atom. The van der Waals surface area contributed by atoms with Crippen LogP contribution in [0.4, 0.5) is 4.39 Å². The van der Waals surface area contributed by atoms with Crippen molar-refractivity contribution in [2.45, 2.75) is 19.4 Å². The highest BCUT2D eigenvalue weighted by atomic mass is 79.9. The van der Waals surface area contributed by atoms with Gasteiger partial charge in [-0.3, -0.25) is 9.59 Å². The van der Waals surface area contributed by atoms with Gasteiger partial charge in [0.25, 0.3) is 5.91 Å². The number of nitrogens with zero attached hydrogens (tertiary/aromatic N) is 1. The van der Waals surface area contributed by atoms with Crippen LogP contribution in [0.3, 0.4) is 0 Å². The summed E-state index contributed by atoms with van der Waals surface area (Å²) in [5, 5.41) is 2.90. The average molecular weight is 463 g/mol. The number of rotatable bonds is 8. The zero-order valence-electron chi connectivity index (χ0n) is 16.6. The molecule has 2 aromatic carbocycles. The van der Waals surface area contributed by atoms with Crippen LogP contribution in [0, 0.1) is 5.82 Å². The fraction of sp³-hybridized carbons (Fsp3) is 0.273. The first kappa shape index (κ1) is 22.6. The number of benzene rings is 2. The summed E-state index contributed by atoms with van der Waals surface area (Å²) in [5.41, 5.74) is 1.09. The molecule has 1 unspecified atom stereocenters. The van der Waals surface area contributed by atoms with E-state index in [2.05, 4.69) is 21.2 Å². The van der Waals surface area contributed by atoms with Crippen molar-refractivity contribution in [1.29, 1.82) is 0 Å². The normalized spacial score (nSPS) is 11.9. The maximum Gasteiger partial charge on any atom is 0.259 e. The van der Waals surface area contributed by atoms with Gasteiger partial charge in [-0.1, -0.05) is 41.1 Å². The Morgan fingerprint density at radius 3 is 2.66 bits per heavy atom. The largest absolute Gasteiger partial charge is 0.483 e. The van der Waals surface area contributed by atoms with Crippen molar-refractivity contribution in [1.82, 2.24) is 10.2 Å². The minimum absolute atomic E-state index is 0.0868. The van der Waals surface area contributed by atoms with Crippen molar-refractivity contribution in [3.8, 4) is 5.75 Å². The summed E-state index contributed by atoms with van der Waals surface area (Å²) in [6, 6.07) is 11.5. The van der Waals surface area contributed by atoms with Crippen molar-refractivity contribution in [3.05, 3.63) is 70.0 Å². The fourth-order valence-electron chi connectivity index (χ4n) is 2.60. The van der Waals surface area contributed by atoms with Gasteiger partial charge in [-0.15, -0.1) is 0 Å². The summed E-state index contributed by atoms with van der Waals surface area (Å²) in [4.78, 5) is 25.6. The SMILES string of the molecule is CCC(NC(=O)/C=C\c1cc(Br)ccc1F)c1ccccc1OCC(=O)N(C)C. The van der Waals surface area contributed by atoms with E-state index in [0.29, 0.717) is 17.7 Å². The van der Waals surface area contributed by atoms with Crippen LogP contribution in [-0.2, 0) is 9.59 Å². The molecule has 1 atom stereocenters. The lowest BCUT2D eigenvalue weighted by molar-refractivity contribution is -0.130. The molecule has 29 heavy (non-hydrogen) atoms. The van der Waals surface area contributed by atoms with Crippen molar-refractivity contribution < 1.29 is 18.7 Å². The number of carbonyl (C=O) groups is 2. The van der Waals surface area contributed by atoms with Crippen molar-refractivity contribution in [2.75, 3.05) is 20.7 Å².